The number of nitrogens with one attached hydrogen (secondary N) is 2. The molecule has 0 atom stereocenters. The topological polar surface area (TPSA) is 111 Å². The van der Waals surface area contributed by atoms with Gasteiger partial charge in [0.15, 0.2) is 0 Å². The summed E-state index contributed by atoms with van der Waals surface area (Å²) in [5.74, 6) is 0.740. The highest BCUT2D eigenvalue weighted by Gasteiger charge is 2.30. The molecule has 2 aromatic carbocycles. The molecule has 12 heteroatoms. The van der Waals surface area contributed by atoms with Gasteiger partial charge in [0.1, 0.15) is 24.7 Å². The Bertz CT molecular complexity index is 1200. The third-order valence-electron chi connectivity index (χ3n) is 4.57. The molecular formula is C21H20F3N3O5S. The van der Waals surface area contributed by atoms with Crippen LogP contribution >= 0.6 is 0 Å². The van der Waals surface area contributed by atoms with Crippen molar-refractivity contribution in [1.82, 2.24) is 9.88 Å². The maximum Gasteiger partial charge on any atom is 0.402 e. The Morgan fingerprint density at radius 3 is 2.24 bits per heavy atom. The number of carbonyl (C=O) groups excluding carboxylic acids is 1. The summed E-state index contributed by atoms with van der Waals surface area (Å²) >= 11 is 0. The minimum absolute atomic E-state index is 0.264. The number of amides is 1. The molecule has 0 spiro atoms. The molecule has 1 aromatic heterocycles. The van der Waals surface area contributed by atoms with Crippen molar-refractivity contribution in [2.45, 2.75) is 31.5 Å². The lowest BCUT2D eigenvalue weighted by molar-refractivity contribution is -0.121. The molecule has 0 unspecified atom stereocenters. The number of nitrogens with zero attached hydrogens (tertiary/aromatic N) is 1. The van der Waals surface area contributed by atoms with Gasteiger partial charge in [0, 0.05) is 11.3 Å². The molecule has 1 amide bonds. The van der Waals surface area contributed by atoms with E-state index in [2.05, 4.69) is 10.5 Å². The summed E-state index contributed by atoms with van der Waals surface area (Å²) in [5, 5.41) is 6.44. The molecule has 1 heterocycles. The Labute approximate surface area is 187 Å². The van der Waals surface area contributed by atoms with Crippen LogP contribution in [0.15, 0.2) is 57.9 Å². The molecule has 2 N–H and O–H groups in total. The van der Waals surface area contributed by atoms with Crippen molar-refractivity contribution in [3.8, 4) is 5.75 Å². The molecule has 0 radical (unpaired) electrons. The summed E-state index contributed by atoms with van der Waals surface area (Å²) in [5.41, 5.74) is 2.17. The predicted molar refractivity (Wildman–Crippen MR) is 112 cm³/mol. The SMILES string of the molecule is Cc1noc(C)c1COc1ccc(C(=O)Nc2ccc(S(=O)(=O)NCC(F)(F)F)cc2)cc1. The molecule has 8 nitrogen and oxygen atoms in total. The number of hydrogen-bond donors (Lipinski definition) is 2. The lowest BCUT2D eigenvalue weighted by atomic mass is 10.2. The number of aryl methyl sites for hydroxylation is 2. The Kier molecular flexibility index (Phi) is 7.08. The molecular weight excluding hydrogens is 463 g/mol. The number of ether oxygens (including phenoxy) is 1. The zero-order valence-electron chi connectivity index (χ0n) is 17.6. The van der Waals surface area contributed by atoms with Crippen LogP contribution < -0.4 is 14.8 Å². The van der Waals surface area contributed by atoms with Gasteiger partial charge in [-0.2, -0.15) is 13.2 Å². The third-order valence-corrected chi connectivity index (χ3v) is 5.98. The molecule has 0 saturated carbocycles. The van der Waals surface area contributed by atoms with Crippen LogP contribution in [0.1, 0.15) is 27.4 Å². The first-order valence-corrected chi connectivity index (χ1v) is 11.1. The number of rotatable bonds is 8. The van der Waals surface area contributed by atoms with Gasteiger partial charge in [0.2, 0.25) is 10.0 Å². The van der Waals surface area contributed by atoms with Crippen LogP contribution in [0.3, 0.4) is 0 Å². The van der Waals surface area contributed by atoms with Crippen molar-refractivity contribution < 1.29 is 35.6 Å². The predicted octanol–water partition coefficient (Wildman–Crippen LogP) is 3.96. The molecule has 3 rings (SSSR count). The Morgan fingerprint density at radius 1 is 1.06 bits per heavy atom. The third kappa shape index (κ3) is 6.56. The van der Waals surface area contributed by atoms with Crippen LogP contribution in [0, 0.1) is 13.8 Å². The van der Waals surface area contributed by atoms with Gasteiger partial charge in [0.25, 0.3) is 5.91 Å². The van der Waals surface area contributed by atoms with E-state index in [4.69, 9.17) is 9.26 Å². The zero-order valence-corrected chi connectivity index (χ0v) is 18.4. The fourth-order valence-corrected chi connectivity index (χ4v) is 3.76. The van der Waals surface area contributed by atoms with Crippen LogP contribution in [0.2, 0.25) is 0 Å². The number of carbonyl (C=O) groups is 1. The molecule has 33 heavy (non-hydrogen) atoms. The van der Waals surface area contributed by atoms with E-state index in [9.17, 15) is 26.4 Å². The summed E-state index contributed by atoms with van der Waals surface area (Å²) in [6.45, 7) is 2.18. The van der Waals surface area contributed by atoms with Gasteiger partial charge in [-0.1, -0.05) is 5.16 Å². The standard InChI is InChI=1S/C21H20F3N3O5S/c1-13-19(14(2)32-27-13)11-31-17-7-3-15(4-8-17)20(28)26-16-5-9-18(10-6-16)33(29,30)25-12-21(22,23)24/h3-10,25H,11-12H2,1-2H3,(H,26,28). The number of anilines is 1. The molecule has 0 bridgehead atoms. The van der Waals surface area contributed by atoms with Crippen molar-refractivity contribution in [2.75, 3.05) is 11.9 Å². The normalized spacial score (nSPS) is 11.9. The molecule has 3 aromatic rings. The number of aromatic nitrogens is 1. The van der Waals surface area contributed by atoms with E-state index in [-0.39, 0.29) is 17.2 Å². The highest BCUT2D eigenvalue weighted by atomic mass is 32.2. The van der Waals surface area contributed by atoms with Crippen molar-refractivity contribution >= 4 is 21.6 Å². The van der Waals surface area contributed by atoms with Crippen molar-refractivity contribution in [3.05, 3.63) is 71.1 Å². The average Bonchev–Trinajstić information content (AvgIpc) is 3.08. The van der Waals surface area contributed by atoms with Gasteiger partial charge in [-0.3, -0.25) is 4.79 Å². The Morgan fingerprint density at radius 2 is 1.70 bits per heavy atom. The van der Waals surface area contributed by atoms with Gasteiger partial charge in [0.05, 0.1) is 16.2 Å². The molecule has 0 saturated heterocycles. The van der Waals surface area contributed by atoms with Crippen LogP contribution in [0.4, 0.5) is 18.9 Å². The van der Waals surface area contributed by atoms with E-state index in [0.717, 1.165) is 23.4 Å². The summed E-state index contributed by atoms with van der Waals surface area (Å²) in [6, 6.07) is 11.1. The van der Waals surface area contributed by atoms with Crippen molar-refractivity contribution in [2.24, 2.45) is 0 Å². The van der Waals surface area contributed by atoms with Crippen LogP contribution in [0.5, 0.6) is 5.75 Å². The highest BCUT2D eigenvalue weighted by molar-refractivity contribution is 7.89. The van der Waals surface area contributed by atoms with Crippen LogP contribution in [-0.2, 0) is 16.6 Å². The summed E-state index contributed by atoms with van der Waals surface area (Å²) in [6.07, 6.45) is -4.67. The van der Waals surface area contributed by atoms with E-state index in [0.29, 0.717) is 17.1 Å². The van der Waals surface area contributed by atoms with E-state index < -0.39 is 28.7 Å². The van der Waals surface area contributed by atoms with Gasteiger partial charge < -0.3 is 14.6 Å². The second kappa shape index (κ2) is 9.63. The highest BCUT2D eigenvalue weighted by Crippen LogP contribution is 2.20. The molecule has 176 valence electrons. The molecule has 0 aliphatic carbocycles. The molecule has 0 fully saturated rings. The van der Waals surface area contributed by atoms with Crippen LogP contribution in [-0.4, -0.2) is 32.2 Å². The second-order valence-corrected chi connectivity index (χ2v) is 8.80. The fourth-order valence-electron chi connectivity index (χ4n) is 2.75. The Hall–Kier alpha value is -3.38. The van der Waals surface area contributed by atoms with E-state index in [1.54, 1.807) is 31.2 Å². The lowest BCUT2D eigenvalue weighted by Gasteiger charge is -2.10. The number of benzene rings is 2. The van der Waals surface area contributed by atoms with Gasteiger partial charge in [-0.25, -0.2) is 13.1 Å². The minimum Gasteiger partial charge on any atom is -0.489 e. The van der Waals surface area contributed by atoms with E-state index in [1.165, 1.54) is 16.9 Å². The maximum absolute atomic E-state index is 12.4. The fraction of sp³-hybridized carbons (Fsp3) is 0.238. The first-order valence-electron chi connectivity index (χ1n) is 9.57. The number of hydrogen-bond acceptors (Lipinski definition) is 6. The van der Waals surface area contributed by atoms with Crippen molar-refractivity contribution in [1.29, 1.82) is 0 Å². The smallest absolute Gasteiger partial charge is 0.402 e. The average molecular weight is 483 g/mol. The summed E-state index contributed by atoms with van der Waals surface area (Å²) < 4.78 is 72.8. The summed E-state index contributed by atoms with van der Waals surface area (Å²) in [7, 11) is -4.33. The van der Waals surface area contributed by atoms with Crippen molar-refractivity contribution in [3.63, 3.8) is 0 Å². The van der Waals surface area contributed by atoms with Crippen LogP contribution in [0.25, 0.3) is 0 Å². The molecule has 0 aliphatic heterocycles. The van der Waals surface area contributed by atoms with Gasteiger partial charge >= 0.3 is 6.18 Å². The minimum atomic E-state index is -4.67. The first-order chi connectivity index (χ1) is 15.4. The van der Waals surface area contributed by atoms with E-state index >= 15 is 0 Å². The first kappa shape index (κ1) is 24.3. The largest absolute Gasteiger partial charge is 0.489 e. The van der Waals surface area contributed by atoms with Gasteiger partial charge in [-0.05, 0) is 62.4 Å². The van der Waals surface area contributed by atoms with E-state index in [1.807, 2.05) is 6.92 Å². The lowest BCUT2D eigenvalue weighted by Crippen LogP contribution is -2.33. The number of halogens is 3. The monoisotopic (exact) mass is 483 g/mol. The zero-order chi connectivity index (χ0) is 24.2. The second-order valence-electron chi connectivity index (χ2n) is 7.03. The Balaban J connectivity index is 1.58. The quantitative estimate of drug-likeness (QED) is 0.502. The maximum atomic E-state index is 12.4. The summed E-state index contributed by atoms with van der Waals surface area (Å²) in [4.78, 5) is 12.1. The van der Waals surface area contributed by atoms with Gasteiger partial charge in [-0.15, -0.1) is 0 Å². The molecule has 0 aliphatic rings. The number of sulfonamides is 1. The number of alkyl halides is 3.